The molecule has 200 valence electrons. The first-order valence-electron chi connectivity index (χ1n) is 13.4. The molecule has 7 nitrogen and oxygen atoms in total. The summed E-state index contributed by atoms with van der Waals surface area (Å²) in [5.41, 5.74) is 0.963. The Hall–Kier alpha value is -3.35. The molecule has 2 unspecified atom stereocenters. The number of nitrogens with one attached hydrogen (secondary N) is 2. The van der Waals surface area contributed by atoms with Gasteiger partial charge >= 0.3 is 6.09 Å². The van der Waals surface area contributed by atoms with E-state index >= 15 is 0 Å². The predicted molar refractivity (Wildman–Crippen MR) is 145 cm³/mol. The van der Waals surface area contributed by atoms with E-state index < -0.39 is 23.8 Å². The molecule has 1 saturated carbocycles. The maximum atomic E-state index is 14.2. The monoisotopic (exact) mass is 507 g/mol. The molecule has 3 amide bonds. The first-order valence-corrected chi connectivity index (χ1v) is 13.4. The Morgan fingerprint density at radius 2 is 1.59 bits per heavy atom. The van der Waals surface area contributed by atoms with E-state index in [4.69, 9.17) is 4.74 Å². The van der Waals surface area contributed by atoms with Gasteiger partial charge in [-0.2, -0.15) is 0 Å². The molecule has 0 aliphatic heterocycles. The van der Waals surface area contributed by atoms with Crippen molar-refractivity contribution < 1.29 is 19.1 Å². The molecule has 0 aromatic heterocycles. The molecular formula is C30H41N3O4. The van der Waals surface area contributed by atoms with Crippen LogP contribution in [0.1, 0.15) is 77.0 Å². The van der Waals surface area contributed by atoms with Crippen molar-refractivity contribution in [2.75, 3.05) is 6.54 Å². The second kappa shape index (κ2) is 13.3. The average Bonchev–Trinajstić information content (AvgIpc) is 3.69. The molecule has 0 radical (unpaired) electrons. The van der Waals surface area contributed by atoms with Crippen LogP contribution < -0.4 is 10.6 Å². The van der Waals surface area contributed by atoms with E-state index in [0.717, 1.165) is 43.2 Å². The van der Waals surface area contributed by atoms with Gasteiger partial charge in [0.1, 0.15) is 17.7 Å². The Labute approximate surface area is 221 Å². The fourth-order valence-electron chi connectivity index (χ4n) is 4.31. The van der Waals surface area contributed by atoms with Crippen molar-refractivity contribution in [1.82, 2.24) is 15.5 Å². The lowest BCUT2D eigenvalue weighted by atomic mass is 10.00. The number of rotatable bonds is 12. The van der Waals surface area contributed by atoms with Gasteiger partial charge in [-0.1, -0.05) is 80.4 Å². The zero-order valence-corrected chi connectivity index (χ0v) is 22.5. The van der Waals surface area contributed by atoms with E-state index in [1.54, 1.807) is 25.7 Å². The molecule has 1 aliphatic rings. The highest BCUT2D eigenvalue weighted by atomic mass is 16.6. The third-order valence-corrected chi connectivity index (χ3v) is 6.19. The van der Waals surface area contributed by atoms with Crippen LogP contribution in [0.5, 0.6) is 0 Å². The fourth-order valence-corrected chi connectivity index (χ4v) is 4.31. The summed E-state index contributed by atoms with van der Waals surface area (Å²) in [5.74, 6) is -0.479. The fraction of sp³-hybridized carbons (Fsp3) is 0.500. The van der Waals surface area contributed by atoms with Crippen LogP contribution in [0.25, 0.3) is 0 Å². The van der Waals surface area contributed by atoms with Gasteiger partial charge in [-0.05, 0) is 51.2 Å². The lowest BCUT2D eigenvalue weighted by Crippen LogP contribution is -2.54. The lowest BCUT2D eigenvalue weighted by molar-refractivity contribution is -0.143. The van der Waals surface area contributed by atoms with Crippen molar-refractivity contribution >= 4 is 17.9 Å². The summed E-state index contributed by atoms with van der Waals surface area (Å²) in [6.45, 7) is 8.03. The molecule has 0 bridgehead atoms. The Morgan fingerprint density at radius 3 is 2.16 bits per heavy atom. The second-order valence-electron chi connectivity index (χ2n) is 10.7. The van der Waals surface area contributed by atoms with Gasteiger partial charge < -0.3 is 20.3 Å². The van der Waals surface area contributed by atoms with E-state index in [-0.39, 0.29) is 17.9 Å². The van der Waals surface area contributed by atoms with E-state index in [2.05, 4.69) is 17.6 Å². The van der Waals surface area contributed by atoms with Gasteiger partial charge in [0.05, 0.1) is 0 Å². The summed E-state index contributed by atoms with van der Waals surface area (Å²) in [7, 11) is 0. The van der Waals surface area contributed by atoms with E-state index in [0.29, 0.717) is 13.0 Å². The average molecular weight is 508 g/mol. The molecule has 0 heterocycles. The maximum Gasteiger partial charge on any atom is 0.408 e. The Kier molecular flexibility index (Phi) is 10.1. The highest BCUT2D eigenvalue weighted by Gasteiger charge is 2.44. The van der Waals surface area contributed by atoms with Crippen LogP contribution in [0, 0.1) is 0 Å². The highest BCUT2D eigenvalue weighted by molar-refractivity contribution is 5.92. The van der Waals surface area contributed by atoms with Crippen LogP contribution in [0.3, 0.4) is 0 Å². The number of hydrogen-bond donors (Lipinski definition) is 2. The van der Waals surface area contributed by atoms with Gasteiger partial charge in [-0.25, -0.2) is 4.79 Å². The van der Waals surface area contributed by atoms with Gasteiger partial charge in [0.2, 0.25) is 11.8 Å². The summed E-state index contributed by atoms with van der Waals surface area (Å²) >= 11 is 0. The van der Waals surface area contributed by atoms with Crippen LogP contribution in [-0.2, 0) is 20.7 Å². The molecular weight excluding hydrogens is 466 g/mol. The number of nitrogens with zero attached hydrogens (tertiary/aromatic N) is 1. The standard InChI is InChI=1S/C30H41N3O4/c1-5-6-13-20-31-27(34)26(23-16-11-8-12-17-23)33(24-18-19-24)28(35)25(21-22-14-9-7-10-15-22)32-29(36)37-30(2,3)4/h7-12,14-17,24-26H,5-6,13,18-21H2,1-4H3,(H,31,34)(H,32,36). The number of alkyl carbamates (subject to hydrolysis) is 1. The van der Waals surface area contributed by atoms with Gasteiger partial charge in [0, 0.05) is 19.0 Å². The highest BCUT2D eigenvalue weighted by Crippen LogP contribution is 2.35. The summed E-state index contributed by atoms with van der Waals surface area (Å²) in [6.07, 6.45) is 4.26. The molecule has 3 rings (SSSR count). The molecule has 2 aromatic rings. The van der Waals surface area contributed by atoms with Crippen LogP contribution in [0.15, 0.2) is 60.7 Å². The molecule has 1 fully saturated rings. The number of carbonyl (C=O) groups excluding carboxylic acids is 3. The van der Waals surface area contributed by atoms with Crippen LogP contribution in [0.2, 0.25) is 0 Å². The van der Waals surface area contributed by atoms with E-state index in [1.807, 2.05) is 60.7 Å². The van der Waals surface area contributed by atoms with Crippen LogP contribution in [0.4, 0.5) is 4.79 Å². The number of ether oxygens (including phenoxy) is 1. The minimum Gasteiger partial charge on any atom is -0.444 e. The minimum atomic E-state index is -0.878. The number of carbonyl (C=O) groups is 3. The third-order valence-electron chi connectivity index (χ3n) is 6.19. The number of amides is 3. The molecule has 1 aliphatic carbocycles. The summed E-state index contributed by atoms with van der Waals surface area (Å²) in [4.78, 5) is 42.2. The van der Waals surface area contributed by atoms with Gasteiger partial charge in [-0.15, -0.1) is 0 Å². The molecule has 2 atom stereocenters. The third kappa shape index (κ3) is 8.92. The predicted octanol–water partition coefficient (Wildman–Crippen LogP) is 5.16. The van der Waals surface area contributed by atoms with Gasteiger partial charge in [0.15, 0.2) is 0 Å². The summed E-state index contributed by atoms with van der Waals surface area (Å²) < 4.78 is 5.48. The van der Waals surface area contributed by atoms with Crippen molar-refractivity contribution in [3.8, 4) is 0 Å². The molecule has 2 aromatic carbocycles. The SMILES string of the molecule is CCCCCNC(=O)C(c1ccccc1)N(C(=O)C(Cc1ccccc1)NC(=O)OC(C)(C)C)C1CC1. The molecule has 7 heteroatoms. The zero-order valence-electron chi connectivity index (χ0n) is 22.5. The van der Waals surface area contributed by atoms with Crippen molar-refractivity contribution in [3.63, 3.8) is 0 Å². The van der Waals surface area contributed by atoms with E-state index in [9.17, 15) is 14.4 Å². The summed E-state index contributed by atoms with van der Waals surface area (Å²) in [5, 5.41) is 5.86. The van der Waals surface area contributed by atoms with Crippen LogP contribution >= 0.6 is 0 Å². The first-order chi connectivity index (χ1) is 17.7. The minimum absolute atomic E-state index is 0.0576. The van der Waals surface area contributed by atoms with Crippen molar-refractivity contribution in [3.05, 3.63) is 71.8 Å². The van der Waals surface area contributed by atoms with Crippen molar-refractivity contribution in [2.24, 2.45) is 0 Å². The van der Waals surface area contributed by atoms with Crippen molar-refractivity contribution in [2.45, 2.75) is 89.9 Å². The maximum absolute atomic E-state index is 14.2. The van der Waals surface area contributed by atoms with Crippen LogP contribution in [-0.4, -0.2) is 47.0 Å². The lowest BCUT2D eigenvalue weighted by Gasteiger charge is -2.34. The van der Waals surface area contributed by atoms with Crippen molar-refractivity contribution in [1.29, 1.82) is 0 Å². The number of hydrogen-bond acceptors (Lipinski definition) is 4. The zero-order chi connectivity index (χ0) is 26.8. The molecule has 37 heavy (non-hydrogen) atoms. The Morgan fingerprint density at radius 1 is 0.973 bits per heavy atom. The number of benzene rings is 2. The van der Waals surface area contributed by atoms with E-state index in [1.165, 1.54) is 0 Å². The first kappa shape index (κ1) is 28.2. The Bertz CT molecular complexity index is 1020. The number of unbranched alkanes of at least 4 members (excludes halogenated alkanes) is 2. The summed E-state index contributed by atoms with van der Waals surface area (Å²) in [6, 6.07) is 17.3. The topological polar surface area (TPSA) is 87.7 Å². The largest absolute Gasteiger partial charge is 0.444 e. The smallest absolute Gasteiger partial charge is 0.408 e. The normalized spacial score (nSPS) is 14.8. The molecule has 2 N–H and O–H groups in total. The van der Waals surface area contributed by atoms with Gasteiger partial charge in [-0.3, -0.25) is 9.59 Å². The Balaban J connectivity index is 1.92. The second-order valence-corrected chi connectivity index (χ2v) is 10.7. The van der Waals surface area contributed by atoms with Gasteiger partial charge in [0.25, 0.3) is 0 Å². The molecule has 0 spiro atoms. The molecule has 0 saturated heterocycles. The quantitative estimate of drug-likeness (QED) is 0.389.